The van der Waals surface area contributed by atoms with Gasteiger partial charge < -0.3 is 13.6 Å². The van der Waals surface area contributed by atoms with E-state index in [1.54, 1.807) is 0 Å². The maximum atomic E-state index is 14.2. The fourth-order valence-corrected chi connectivity index (χ4v) is 20.9. The maximum absolute atomic E-state index is 14.2. The van der Waals surface area contributed by atoms with E-state index in [1.165, 1.54) is 17.5 Å². The molecule has 272 valence electrons. The molecule has 0 bridgehead atoms. The van der Waals surface area contributed by atoms with Gasteiger partial charge >= 0.3 is 5.97 Å². The van der Waals surface area contributed by atoms with Gasteiger partial charge in [0.1, 0.15) is 12.2 Å². The molecule has 5 nitrogen and oxygen atoms in total. The van der Waals surface area contributed by atoms with Gasteiger partial charge in [0, 0.05) is 18.6 Å². The lowest BCUT2D eigenvalue weighted by Gasteiger charge is -2.56. The summed E-state index contributed by atoms with van der Waals surface area (Å²) in [5, 5.41) is 2.30. The minimum atomic E-state index is -2.86. The van der Waals surface area contributed by atoms with Crippen molar-refractivity contribution in [3.63, 3.8) is 0 Å². The molecule has 7 atom stereocenters. The molecule has 0 spiro atoms. The van der Waals surface area contributed by atoms with Gasteiger partial charge in [0.2, 0.25) is 8.32 Å². The van der Waals surface area contributed by atoms with E-state index >= 15 is 0 Å². The van der Waals surface area contributed by atoms with E-state index < -0.39 is 22.6 Å². The zero-order valence-electron chi connectivity index (χ0n) is 32.6. The van der Waals surface area contributed by atoms with Gasteiger partial charge in [-0.05, 0) is 80.9 Å². The lowest BCUT2D eigenvalue weighted by Crippen LogP contribution is -2.67. The molecule has 0 unspecified atom stereocenters. The summed E-state index contributed by atoms with van der Waals surface area (Å²) in [6.07, 6.45) is 3.07. The number of carbonyl (C=O) groups is 2. The van der Waals surface area contributed by atoms with Crippen molar-refractivity contribution < 1.29 is 23.2 Å². The summed E-state index contributed by atoms with van der Waals surface area (Å²) in [5.74, 6) is 0.381. The fraction of sp³-hybridized carbons (Fsp3) is 0.667. The molecule has 0 amide bonds. The maximum Gasteiger partial charge on any atom is 0.313 e. The van der Waals surface area contributed by atoms with E-state index in [2.05, 4.69) is 137 Å². The van der Waals surface area contributed by atoms with Crippen LogP contribution in [0.15, 0.2) is 60.7 Å². The van der Waals surface area contributed by atoms with Gasteiger partial charge in [-0.25, -0.2) is 0 Å². The Kier molecular flexibility index (Phi) is 13.0. The number of rotatable bonds is 13. The number of hydrogen-bond donors (Lipinski definition) is 0. The van der Waals surface area contributed by atoms with Gasteiger partial charge in [-0.1, -0.05) is 137 Å². The summed E-state index contributed by atoms with van der Waals surface area (Å²) >= 11 is 0. The summed E-state index contributed by atoms with van der Waals surface area (Å²) in [6, 6.07) is 21.6. The molecule has 2 aromatic carbocycles. The Morgan fingerprint density at radius 1 is 0.796 bits per heavy atom. The minimum absolute atomic E-state index is 0.000600. The predicted octanol–water partition coefficient (Wildman–Crippen LogP) is 9.19. The van der Waals surface area contributed by atoms with Crippen molar-refractivity contribution in [1.29, 1.82) is 0 Å². The average Bonchev–Trinajstić information content (AvgIpc) is 3.04. The van der Waals surface area contributed by atoms with Crippen LogP contribution >= 0.6 is 0 Å². The zero-order valence-corrected chi connectivity index (χ0v) is 34.6. The smallest absolute Gasteiger partial charge is 0.313 e. The van der Waals surface area contributed by atoms with E-state index in [9.17, 15) is 9.59 Å². The summed E-state index contributed by atoms with van der Waals surface area (Å²) in [6.45, 7) is 26.3. The third kappa shape index (κ3) is 7.75. The molecular weight excluding hydrogens is 641 g/mol. The van der Waals surface area contributed by atoms with Gasteiger partial charge in [-0.15, -0.1) is 0 Å². The number of carbonyl (C=O) groups excluding carboxylic acids is 2. The topological polar surface area (TPSA) is 61.8 Å². The van der Waals surface area contributed by atoms with Crippen LogP contribution in [-0.2, 0) is 23.2 Å². The zero-order chi connectivity index (χ0) is 36.3. The third-order valence-corrected chi connectivity index (χ3v) is 23.8. The number of ether oxygens (including phenoxy) is 1. The third-order valence-electron chi connectivity index (χ3n) is 12.6. The summed E-state index contributed by atoms with van der Waals surface area (Å²) in [4.78, 5) is 26.8. The van der Waals surface area contributed by atoms with Crippen LogP contribution in [0.4, 0.5) is 0 Å². The fourth-order valence-electron chi connectivity index (χ4n) is 10.7. The Bertz CT molecular complexity index is 1310. The molecular formula is C42H66O5Si2. The Hall–Kier alpha value is -2.07. The lowest BCUT2D eigenvalue weighted by atomic mass is 9.54. The van der Waals surface area contributed by atoms with Crippen LogP contribution in [0.1, 0.15) is 102 Å². The van der Waals surface area contributed by atoms with E-state index in [-0.39, 0.29) is 47.0 Å². The highest BCUT2D eigenvalue weighted by Crippen LogP contribution is 2.55. The summed E-state index contributed by atoms with van der Waals surface area (Å²) < 4.78 is 20.3. The molecule has 2 saturated carbocycles. The first-order valence-electron chi connectivity index (χ1n) is 19.0. The quantitative estimate of drug-likeness (QED) is 0.118. The molecule has 49 heavy (non-hydrogen) atoms. The number of methoxy groups -OCH3 is 1. The Labute approximate surface area is 300 Å². The molecule has 0 aliphatic heterocycles. The molecule has 0 aromatic heterocycles. The first kappa shape index (κ1) is 39.7. The molecule has 2 aliphatic carbocycles. The van der Waals surface area contributed by atoms with Crippen molar-refractivity contribution in [3.8, 4) is 0 Å². The summed E-state index contributed by atoms with van der Waals surface area (Å²) in [5.41, 5.74) is 1.53. The van der Waals surface area contributed by atoms with Crippen molar-refractivity contribution in [2.75, 3.05) is 13.7 Å². The molecule has 2 aromatic rings. The van der Waals surface area contributed by atoms with Crippen LogP contribution < -0.4 is 10.4 Å². The van der Waals surface area contributed by atoms with Gasteiger partial charge in [-0.2, -0.15) is 0 Å². The van der Waals surface area contributed by atoms with Crippen LogP contribution in [0.25, 0.3) is 0 Å². The van der Waals surface area contributed by atoms with Crippen molar-refractivity contribution in [2.45, 2.75) is 130 Å². The van der Waals surface area contributed by atoms with E-state index in [4.69, 9.17) is 13.6 Å². The molecule has 0 heterocycles. The highest BCUT2D eigenvalue weighted by atomic mass is 28.4. The van der Waals surface area contributed by atoms with Crippen LogP contribution in [0.2, 0.25) is 21.7 Å². The Balaban J connectivity index is 1.84. The first-order valence-corrected chi connectivity index (χ1v) is 23.1. The molecule has 4 rings (SSSR count). The van der Waals surface area contributed by atoms with Crippen molar-refractivity contribution in [2.24, 2.45) is 35.5 Å². The second kappa shape index (κ2) is 16.1. The van der Waals surface area contributed by atoms with Crippen molar-refractivity contribution in [3.05, 3.63) is 60.7 Å². The van der Waals surface area contributed by atoms with Gasteiger partial charge in [0.25, 0.3) is 8.32 Å². The molecule has 2 fully saturated rings. The number of fused-ring (bicyclic) bond motifs is 1. The summed E-state index contributed by atoms with van der Waals surface area (Å²) in [7, 11) is -3.63. The molecule has 2 aliphatic rings. The molecule has 0 radical (unpaired) electrons. The van der Waals surface area contributed by atoms with E-state index in [0.29, 0.717) is 35.1 Å². The Morgan fingerprint density at radius 2 is 1.31 bits per heavy atom. The van der Waals surface area contributed by atoms with Gasteiger partial charge in [0.05, 0.1) is 7.11 Å². The monoisotopic (exact) mass is 706 g/mol. The van der Waals surface area contributed by atoms with E-state index in [0.717, 1.165) is 19.3 Å². The number of hydrogen-bond acceptors (Lipinski definition) is 5. The van der Waals surface area contributed by atoms with E-state index in [1.807, 2.05) is 0 Å². The normalized spacial score (nSPS) is 26.6. The minimum Gasteiger partial charge on any atom is -0.469 e. The van der Waals surface area contributed by atoms with Crippen LogP contribution in [0.5, 0.6) is 0 Å². The number of esters is 1. The van der Waals surface area contributed by atoms with Gasteiger partial charge in [-0.3, -0.25) is 9.59 Å². The highest BCUT2D eigenvalue weighted by Gasteiger charge is 2.57. The SMILES string of the molecule is COC(=O)CC(=O)[C@H]1[C@@H](CO[Si](c2ccccc2)(c2ccccc2)C(C)(C)C)[C@H]2[C@@H](C[C@@H]1C)[C@@H](O[Si](C(C)C)(C(C)C)C(C)C)CC[C@@H]2C. The molecule has 0 saturated heterocycles. The van der Waals surface area contributed by atoms with Gasteiger partial charge in [0.15, 0.2) is 0 Å². The van der Waals surface area contributed by atoms with Crippen LogP contribution in [0.3, 0.4) is 0 Å². The average molecular weight is 707 g/mol. The number of Topliss-reactive ketones (excluding diaryl/α,β-unsaturated/α-hetero) is 1. The highest BCUT2D eigenvalue weighted by molar-refractivity contribution is 6.99. The largest absolute Gasteiger partial charge is 0.469 e. The second-order valence-electron chi connectivity index (χ2n) is 17.4. The van der Waals surface area contributed by atoms with Crippen LogP contribution in [-0.4, -0.2) is 48.2 Å². The van der Waals surface area contributed by atoms with Crippen molar-refractivity contribution in [1.82, 2.24) is 0 Å². The second-order valence-corrected chi connectivity index (χ2v) is 27.1. The van der Waals surface area contributed by atoms with Crippen LogP contribution in [0, 0.1) is 35.5 Å². The Morgan fingerprint density at radius 3 is 1.76 bits per heavy atom. The van der Waals surface area contributed by atoms with Crippen molar-refractivity contribution >= 4 is 38.8 Å². The number of ketones is 1. The lowest BCUT2D eigenvalue weighted by molar-refractivity contribution is -0.149. The first-order chi connectivity index (χ1) is 23.0. The number of benzene rings is 2. The molecule has 0 N–H and O–H groups in total. The standard InChI is InChI=1S/C42H66O5Si2/c1-28(2)48(29(3)4,30(5)6)47-38-24-23-31(7)40-35(38)25-32(8)41(37(43)26-39(44)45-12)36(40)27-46-49(42(9,10)11,33-19-15-13-16-20-33)34-21-17-14-18-22-34/h13-22,28-32,35-36,38,40-41H,23-27H2,1-12H3/t31-,32-,35-,36-,38-,40+,41+/m0/s1. The molecule has 7 heteroatoms. The predicted molar refractivity (Wildman–Crippen MR) is 207 cm³/mol.